The van der Waals surface area contributed by atoms with Crippen molar-refractivity contribution in [1.82, 2.24) is 0 Å². The lowest BCUT2D eigenvalue weighted by molar-refractivity contribution is 0.185. The number of hydrogen-bond donors (Lipinski definition) is 1. The first-order valence-electron chi connectivity index (χ1n) is 4.30. The van der Waals surface area contributed by atoms with Crippen molar-refractivity contribution in [3.63, 3.8) is 0 Å². The van der Waals surface area contributed by atoms with E-state index in [2.05, 4.69) is 26.5 Å². The normalized spacial score (nSPS) is 8.50. The maximum absolute atomic E-state index is 9.97. The molecule has 1 radical (unpaired) electrons. The summed E-state index contributed by atoms with van der Waals surface area (Å²) < 4.78 is 0. The summed E-state index contributed by atoms with van der Waals surface area (Å²) in [6, 6.07) is 0. The van der Waals surface area contributed by atoms with Gasteiger partial charge in [0.25, 0.3) is 0 Å². The summed E-state index contributed by atoms with van der Waals surface area (Å²) in [5.41, 5.74) is 0. The highest BCUT2D eigenvalue weighted by atomic mass is 32.1. The maximum atomic E-state index is 9.97. The van der Waals surface area contributed by atoms with Crippen LogP contribution in [0, 0.1) is 5.92 Å². The molecule has 0 unspecified atom stereocenters. The summed E-state index contributed by atoms with van der Waals surface area (Å²) in [5, 5.41) is 9.97. The average Bonchev–Trinajstić information content (AvgIpc) is 2.02. The first kappa shape index (κ1) is 18.2. The third kappa shape index (κ3) is 22.4. The van der Waals surface area contributed by atoms with E-state index in [1.165, 1.54) is 12.8 Å². The molecule has 0 spiro atoms. The monoisotopic (exact) mass is 193 g/mol. The van der Waals surface area contributed by atoms with Crippen LogP contribution in [0.3, 0.4) is 0 Å². The topological polar surface area (TPSA) is 19.9 Å². The minimum atomic E-state index is 0. The van der Waals surface area contributed by atoms with Crippen LogP contribution in [0.4, 0.5) is 0 Å². The van der Waals surface area contributed by atoms with Crippen LogP contribution >= 0.6 is 12.6 Å². The Morgan fingerprint density at radius 1 is 1.08 bits per heavy atom. The van der Waals surface area contributed by atoms with Gasteiger partial charge in [-0.2, -0.15) is 12.6 Å². The second-order valence-electron chi connectivity index (χ2n) is 2.95. The van der Waals surface area contributed by atoms with Crippen molar-refractivity contribution in [3.8, 4) is 0 Å². The van der Waals surface area contributed by atoms with Gasteiger partial charge in [0, 0.05) is 0 Å². The van der Waals surface area contributed by atoms with Gasteiger partial charge in [-0.25, -0.2) is 5.11 Å². The molecule has 77 valence electrons. The predicted molar refractivity (Wildman–Crippen MR) is 60.5 cm³/mol. The number of rotatable bonds is 5. The van der Waals surface area contributed by atoms with Crippen LogP contribution in [-0.2, 0) is 5.11 Å². The highest BCUT2D eigenvalue weighted by Crippen LogP contribution is 2.07. The fraction of sp³-hybridized carbons (Fsp3) is 1.00. The van der Waals surface area contributed by atoms with E-state index in [1.54, 1.807) is 6.26 Å². The molecule has 0 rings (SSSR count). The molecule has 0 fully saturated rings. The largest absolute Gasteiger partial charge is 0.237 e. The van der Waals surface area contributed by atoms with Gasteiger partial charge in [-0.05, 0) is 18.6 Å². The molecule has 0 amide bonds. The molecule has 0 saturated heterocycles. The van der Waals surface area contributed by atoms with Crippen LogP contribution in [0.25, 0.3) is 0 Å². The summed E-state index contributed by atoms with van der Waals surface area (Å²) in [7, 11) is 0. The van der Waals surface area contributed by atoms with Crippen molar-refractivity contribution >= 4 is 12.6 Å². The number of hydrogen-bond acceptors (Lipinski definition) is 1. The van der Waals surface area contributed by atoms with Gasteiger partial charge in [-0.15, -0.1) is 0 Å². The third-order valence-electron chi connectivity index (χ3n) is 1.43. The lowest BCUT2D eigenvalue weighted by Crippen LogP contribution is -1.87. The smallest absolute Gasteiger partial charge is 0.0822 e. The van der Waals surface area contributed by atoms with E-state index < -0.39 is 0 Å². The molecule has 0 heterocycles. The van der Waals surface area contributed by atoms with E-state index >= 15 is 0 Å². The Labute approximate surface area is 84.0 Å². The molecule has 0 aliphatic heterocycles. The van der Waals surface area contributed by atoms with Crippen molar-refractivity contribution in [2.45, 2.75) is 47.0 Å². The van der Waals surface area contributed by atoms with Gasteiger partial charge in [0.05, 0.1) is 6.61 Å². The molecular weight excluding hydrogens is 168 g/mol. The third-order valence-corrected chi connectivity index (χ3v) is 1.43. The molecule has 0 aromatic carbocycles. The molecule has 12 heavy (non-hydrogen) atoms. The molecule has 0 bridgehead atoms. The zero-order valence-corrected chi connectivity index (χ0v) is 8.86. The minimum Gasteiger partial charge on any atom is -0.237 e. The van der Waals surface area contributed by atoms with Crippen LogP contribution in [0.2, 0.25) is 0 Å². The van der Waals surface area contributed by atoms with Crippen LogP contribution in [-0.4, -0.2) is 12.9 Å². The molecular formula is C10H25OS. The van der Waals surface area contributed by atoms with Crippen molar-refractivity contribution in [1.29, 1.82) is 0 Å². The fourth-order valence-corrected chi connectivity index (χ4v) is 0.831. The summed E-state index contributed by atoms with van der Waals surface area (Å²) in [5.74, 6) is 0.802. The molecule has 0 N–H and O–H groups in total. The lowest BCUT2D eigenvalue weighted by Gasteiger charge is -2.01. The molecule has 0 aromatic heterocycles. The summed E-state index contributed by atoms with van der Waals surface area (Å²) >= 11 is 3.53. The standard InChI is InChI=1S/C8H17O.CH4S.CH4/c1-8(2)6-4-3-5-7-9;1-2;/h8H,3-7H2,1-2H3;2H,1H3;1H4. The predicted octanol–water partition coefficient (Wildman–Crippen LogP) is 3.82. The SMILES string of the molecule is C.CC(C)CCCCC[O].CS. The quantitative estimate of drug-likeness (QED) is 0.506. The Morgan fingerprint density at radius 3 is 1.92 bits per heavy atom. The molecule has 1 nitrogen and oxygen atoms in total. The first-order chi connectivity index (χ1) is 5.27. The van der Waals surface area contributed by atoms with Crippen LogP contribution < -0.4 is 0 Å². The van der Waals surface area contributed by atoms with Crippen molar-refractivity contribution in [2.75, 3.05) is 12.9 Å². The summed E-state index contributed by atoms with van der Waals surface area (Å²) in [6.07, 6.45) is 6.20. The van der Waals surface area contributed by atoms with Crippen molar-refractivity contribution in [2.24, 2.45) is 5.92 Å². The maximum Gasteiger partial charge on any atom is 0.0822 e. The molecule has 2 heteroatoms. The summed E-state index contributed by atoms with van der Waals surface area (Å²) in [6.45, 7) is 4.55. The van der Waals surface area contributed by atoms with E-state index in [0.717, 1.165) is 18.8 Å². The highest BCUT2D eigenvalue weighted by Gasteiger charge is 1.92. The number of thiol groups is 1. The van der Waals surface area contributed by atoms with Gasteiger partial charge < -0.3 is 0 Å². The lowest BCUT2D eigenvalue weighted by atomic mass is 10.1. The zero-order valence-electron chi connectivity index (χ0n) is 7.97. The average molecular weight is 193 g/mol. The van der Waals surface area contributed by atoms with E-state index in [9.17, 15) is 5.11 Å². The molecule has 0 aliphatic rings. The Morgan fingerprint density at radius 2 is 1.58 bits per heavy atom. The Balaban J connectivity index is -0.000000249. The van der Waals surface area contributed by atoms with E-state index in [1.807, 2.05) is 0 Å². The first-order valence-corrected chi connectivity index (χ1v) is 5.19. The Hall–Kier alpha value is 0.310. The van der Waals surface area contributed by atoms with E-state index in [0.29, 0.717) is 0 Å². The van der Waals surface area contributed by atoms with Crippen molar-refractivity contribution in [3.05, 3.63) is 0 Å². The minimum absolute atomic E-state index is 0. The van der Waals surface area contributed by atoms with Gasteiger partial charge in [0.2, 0.25) is 0 Å². The molecule has 0 saturated carbocycles. The zero-order chi connectivity index (χ0) is 9.11. The molecule has 0 aliphatic carbocycles. The van der Waals surface area contributed by atoms with Crippen molar-refractivity contribution < 1.29 is 5.11 Å². The van der Waals surface area contributed by atoms with Gasteiger partial charge in [0.1, 0.15) is 0 Å². The molecule has 0 atom stereocenters. The van der Waals surface area contributed by atoms with Crippen LogP contribution in [0.5, 0.6) is 0 Å². The molecule has 0 aromatic rings. The highest BCUT2D eigenvalue weighted by molar-refractivity contribution is 7.79. The summed E-state index contributed by atoms with van der Waals surface area (Å²) in [4.78, 5) is 0. The van der Waals surface area contributed by atoms with Gasteiger partial charge >= 0.3 is 0 Å². The van der Waals surface area contributed by atoms with E-state index in [-0.39, 0.29) is 14.0 Å². The Bertz CT molecular complexity index is 55.8. The van der Waals surface area contributed by atoms with Gasteiger partial charge in [-0.1, -0.05) is 40.5 Å². The van der Waals surface area contributed by atoms with Crippen LogP contribution in [0.1, 0.15) is 47.0 Å². The fourth-order valence-electron chi connectivity index (χ4n) is 0.831. The van der Waals surface area contributed by atoms with Crippen LogP contribution in [0.15, 0.2) is 0 Å². The second-order valence-corrected chi connectivity index (χ2v) is 2.95. The van der Waals surface area contributed by atoms with Gasteiger partial charge in [0.15, 0.2) is 0 Å². The second kappa shape index (κ2) is 17.4. The Kier molecular flexibility index (Phi) is 26.4. The van der Waals surface area contributed by atoms with E-state index in [4.69, 9.17) is 0 Å². The number of unbranched alkanes of at least 4 members (excludes halogenated alkanes) is 2. The van der Waals surface area contributed by atoms with Gasteiger partial charge in [-0.3, -0.25) is 0 Å².